The SMILES string of the molecule is CC1(c2ccc(Cl)cn2)Oc2cccc(N3CCN(Cc4nc5c(F)cc(C(=O)O)cc5n4CCOC4CC4(F)F)C4CC43C)c2O1. The molecule has 246 valence electrons. The van der Waals surface area contributed by atoms with Gasteiger partial charge in [-0.1, -0.05) is 17.7 Å². The van der Waals surface area contributed by atoms with Gasteiger partial charge in [-0.2, -0.15) is 0 Å². The smallest absolute Gasteiger partial charge is 0.335 e. The van der Waals surface area contributed by atoms with Crippen molar-refractivity contribution in [2.24, 2.45) is 0 Å². The number of ether oxygens (including phenoxy) is 3. The van der Waals surface area contributed by atoms with Gasteiger partial charge in [0.25, 0.3) is 11.7 Å². The van der Waals surface area contributed by atoms with Crippen molar-refractivity contribution < 1.29 is 37.3 Å². The third kappa shape index (κ3) is 5.06. The summed E-state index contributed by atoms with van der Waals surface area (Å²) >= 11 is 6.05. The van der Waals surface area contributed by atoms with Crippen molar-refractivity contribution in [1.29, 1.82) is 0 Å². The number of halogens is 4. The number of alkyl halides is 2. The quantitative estimate of drug-likeness (QED) is 0.235. The van der Waals surface area contributed by atoms with Crippen molar-refractivity contribution in [2.45, 2.75) is 69.2 Å². The summed E-state index contributed by atoms with van der Waals surface area (Å²) in [5.74, 6) is -4.21. The van der Waals surface area contributed by atoms with Crippen LogP contribution in [-0.2, 0) is 23.6 Å². The number of nitrogens with zero attached hydrogens (tertiary/aromatic N) is 5. The number of aromatic carboxylic acids is 1. The van der Waals surface area contributed by atoms with Crippen LogP contribution in [0.2, 0.25) is 5.02 Å². The van der Waals surface area contributed by atoms with Crippen LogP contribution >= 0.6 is 11.6 Å². The van der Waals surface area contributed by atoms with Crippen LogP contribution in [0.25, 0.3) is 11.0 Å². The molecule has 4 atom stereocenters. The zero-order chi connectivity index (χ0) is 32.9. The highest BCUT2D eigenvalue weighted by molar-refractivity contribution is 6.30. The van der Waals surface area contributed by atoms with Crippen LogP contribution < -0.4 is 14.4 Å². The highest BCUT2D eigenvalue weighted by Crippen LogP contribution is 2.56. The fourth-order valence-corrected chi connectivity index (χ4v) is 7.12. The molecule has 1 N–H and O–H groups in total. The molecule has 1 saturated heterocycles. The lowest BCUT2D eigenvalue weighted by molar-refractivity contribution is -0.0716. The summed E-state index contributed by atoms with van der Waals surface area (Å²) in [6.07, 6.45) is 0.943. The third-order valence-corrected chi connectivity index (χ3v) is 9.98. The molecule has 2 aromatic carbocycles. The van der Waals surface area contributed by atoms with Crippen LogP contribution in [-0.4, -0.2) is 73.8 Å². The molecular weight excluding hydrogens is 639 g/mol. The molecular formula is C33H31ClF3N5O5. The Labute approximate surface area is 272 Å². The van der Waals surface area contributed by atoms with E-state index in [9.17, 15) is 18.7 Å². The fourth-order valence-electron chi connectivity index (χ4n) is 7.00. The van der Waals surface area contributed by atoms with Crippen LogP contribution in [0.15, 0.2) is 48.7 Å². The van der Waals surface area contributed by atoms with Crippen LogP contribution in [0.3, 0.4) is 0 Å². The van der Waals surface area contributed by atoms with Crippen molar-refractivity contribution in [2.75, 3.05) is 24.6 Å². The predicted octanol–water partition coefficient (Wildman–Crippen LogP) is 5.84. The number of imidazole rings is 1. The molecule has 0 bridgehead atoms. The number of rotatable bonds is 9. The average molecular weight is 670 g/mol. The Morgan fingerprint density at radius 2 is 1.96 bits per heavy atom. The fraction of sp³-hybridized carbons (Fsp3) is 0.424. The van der Waals surface area contributed by atoms with E-state index in [1.165, 1.54) is 6.07 Å². The Morgan fingerprint density at radius 1 is 1.15 bits per heavy atom. The number of carbonyl (C=O) groups is 1. The summed E-state index contributed by atoms with van der Waals surface area (Å²) in [6, 6.07) is 11.8. The molecule has 0 radical (unpaired) electrons. The van der Waals surface area contributed by atoms with Gasteiger partial charge >= 0.3 is 5.97 Å². The molecule has 4 aromatic rings. The number of hydrogen-bond acceptors (Lipinski definition) is 8. The van der Waals surface area contributed by atoms with E-state index in [1.807, 2.05) is 25.1 Å². The van der Waals surface area contributed by atoms with Gasteiger partial charge in [0.15, 0.2) is 17.3 Å². The van der Waals surface area contributed by atoms with Gasteiger partial charge < -0.3 is 28.8 Å². The molecule has 0 amide bonds. The number of aromatic nitrogens is 3. The standard InChI is InChI=1S/C33H31ClF3N5O5/c1-31-14-25(31)40(8-9-42(31)21-4-3-5-23-29(21)47-32(2,46-23)24-7-6-19(34)16-38-24)17-27-39-28-20(35)12-18(30(43)44)13-22(28)41(27)10-11-45-26-15-33(26,36)37/h3-7,12-13,16,25-26H,8-11,14-15,17H2,1-2H3,(H,43,44). The van der Waals surface area contributed by atoms with Gasteiger partial charge in [0.1, 0.15) is 23.1 Å². The predicted molar refractivity (Wildman–Crippen MR) is 165 cm³/mol. The molecule has 2 aromatic heterocycles. The number of fused-ring (bicyclic) bond motifs is 3. The molecule has 8 rings (SSSR count). The minimum Gasteiger partial charge on any atom is -0.478 e. The summed E-state index contributed by atoms with van der Waals surface area (Å²) in [7, 11) is 0. The Balaban J connectivity index is 1.04. The molecule has 47 heavy (non-hydrogen) atoms. The molecule has 3 fully saturated rings. The minimum absolute atomic E-state index is 0.0363. The molecule has 10 nitrogen and oxygen atoms in total. The van der Waals surface area contributed by atoms with E-state index in [2.05, 4.69) is 26.7 Å². The van der Waals surface area contributed by atoms with Gasteiger partial charge in [-0.3, -0.25) is 9.88 Å². The van der Waals surface area contributed by atoms with Crippen LogP contribution in [0.1, 0.15) is 48.6 Å². The second-order valence-electron chi connectivity index (χ2n) is 13.0. The maximum absolute atomic E-state index is 15.1. The number of para-hydroxylation sites is 1. The molecule has 4 unspecified atom stereocenters. The van der Waals surface area contributed by atoms with Crippen molar-refractivity contribution in [1.82, 2.24) is 19.4 Å². The maximum Gasteiger partial charge on any atom is 0.335 e. The first kappa shape index (κ1) is 30.3. The highest BCUT2D eigenvalue weighted by atomic mass is 35.5. The lowest BCUT2D eigenvalue weighted by atomic mass is 10.1. The zero-order valence-electron chi connectivity index (χ0n) is 25.6. The monoisotopic (exact) mass is 669 g/mol. The number of pyridine rings is 1. The molecule has 4 heterocycles. The summed E-state index contributed by atoms with van der Waals surface area (Å²) in [5.41, 5.74) is 1.37. The summed E-state index contributed by atoms with van der Waals surface area (Å²) in [6.45, 7) is 5.75. The van der Waals surface area contributed by atoms with E-state index in [0.29, 0.717) is 47.7 Å². The third-order valence-electron chi connectivity index (χ3n) is 9.76. The molecule has 0 spiro atoms. The van der Waals surface area contributed by atoms with Crippen LogP contribution in [0.4, 0.5) is 18.9 Å². The molecule has 4 aliphatic rings. The van der Waals surface area contributed by atoms with Crippen molar-refractivity contribution in [3.05, 3.63) is 76.6 Å². The van der Waals surface area contributed by atoms with E-state index >= 15 is 4.39 Å². The Hall–Kier alpha value is -4.07. The van der Waals surface area contributed by atoms with Crippen LogP contribution in [0.5, 0.6) is 11.5 Å². The van der Waals surface area contributed by atoms with E-state index in [-0.39, 0.29) is 47.8 Å². The molecule has 14 heteroatoms. The highest BCUT2D eigenvalue weighted by Gasteiger charge is 2.61. The Bertz CT molecular complexity index is 1920. The van der Waals surface area contributed by atoms with Gasteiger partial charge in [-0.15, -0.1) is 0 Å². The second kappa shape index (κ2) is 10.5. The van der Waals surface area contributed by atoms with E-state index in [4.69, 9.17) is 25.8 Å². The second-order valence-corrected chi connectivity index (χ2v) is 13.4. The van der Waals surface area contributed by atoms with Gasteiger partial charge in [0.05, 0.1) is 40.5 Å². The van der Waals surface area contributed by atoms with Crippen LogP contribution in [0, 0.1) is 5.82 Å². The number of carboxylic acids is 1. The summed E-state index contributed by atoms with van der Waals surface area (Å²) in [4.78, 5) is 25.3. The largest absolute Gasteiger partial charge is 0.478 e. The van der Waals surface area contributed by atoms with E-state index < -0.39 is 29.6 Å². The van der Waals surface area contributed by atoms with Crippen molar-refractivity contribution in [3.63, 3.8) is 0 Å². The van der Waals surface area contributed by atoms with Gasteiger partial charge in [0.2, 0.25) is 0 Å². The van der Waals surface area contributed by atoms with Crippen molar-refractivity contribution >= 4 is 34.3 Å². The minimum atomic E-state index is -2.83. The van der Waals surface area contributed by atoms with E-state index in [0.717, 1.165) is 18.2 Å². The number of benzene rings is 2. The summed E-state index contributed by atoms with van der Waals surface area (Å²) < 4.78 is 61.8. The topological polar surface area (TPSA) is 102 Å². The first-order chi connectivity index (χ1) is 22.4. The Kier molecular flexibility index (Phi) is 6.74. The average Bonchev–Trinajstić information content (AvgIpc) is 3.77. The lowest BCUT2D eigenvalue weighted by Gasteiger charge is -2.41. The number of anilines is 1. The number of piperazine rings is 1. The normalized spacial score (nSPS) is 27.2. The van der Waals surface area contributed by atoms with Gasteiger partial charge in [-0.25, -0.2) is 22.9 Å². The summed E-state index contributed by atoms with van der Waals surface area (Å²) in [5, 5.41) is 10.1. The molecule has 2 aliphatic carbocycles. The lowest BCUT2D eigenvalue weighted by Crippen LogP contribution is -2.52. The first-order valence-electron chi connectivity index (χ1n) is 15.4. The number of carboxylic acid groups (broad SMARTS) is 1. The van der Waals surface area contributed by atoms with E-state index in [1.54, 1.807) is 22.9 Å². The van der Waals surface area contributed by atoms with Gasteiger partial charge in [-0.05, 0) is 49.7 Å². The first-order valence-corrected chi connectivity index (χ1v) is 15.8. The van der Waals surface area contributed by atoms with Gasteiger partial charge in [0, 0.05) is 45.2 Å². The zero-order valence-corrected chi connectivity index (χ0v) is 26.3. The van der Waals surface area contributed by atoms with Crippen molar-refractivity contribution in [3.8, 4) is 11.5 Å². The number of hydrogen-bond donors (Lipinski definition) is 1. The Morgan fingerprint density at radius 3 is 2.68 bits per heavy atom. The maximum atomic E-state index is 15.1. The molecule has 2 aliphatic heterocycles. The molecule has 2 saturated carbocycles.